The molecule has 2 aromatic rings. The molecule has 0 saturated heterocycles. The van der Waals surface area contributed by atoms with E-state index in [1.807, 2.05) is 41.3 Å². The Morgan fingerprint density at radius 3 is 2.74 bits per heavy atom. The van der Waals surface area contributed by atoms with Crippen LogP contribution in [0.3, 0.4) is 0 Å². The fraction of sp³-hybridized carbons (Fsp3) is 0.250. The van der Waals surface area contributed by atoms with Crippen LogP contribution in [0.15, 0.2) is 41.6 Å². The normalized spacial score (nSPS) is 17.4. The van der Waals surface area contributed by atoms with Gasteiger partial charge in [-0.2, -0.15) is 0 Å². The molecule has 0 aliphatic carbocycles. The van der Waals surface area contributed by atoms with Crippen LogP contribution >= 0.6 is 0 Å². The lowest BCUT2D eigenvalue weighted by molar-refractivity contribution is -0.142. The van der Waals surface area contributed by atoms with Gasteiger partial charge in [0, 0.05) is 18.7 Å². The van der Waals surface area contributed by atoms with E-state index in [1.54, 1.807) is 0 Å². The van der Waals surface area contributed by atoms with Crippen LogP contribution in [0.5, 0.6) is 0 Å². The molecule has 1 amide bonds. The van der Waals surface area contributed by atoms with Gasteiger partial charge in [0.2, 0.25) is 0 Å². The van der Waals surface area contributed by atoms with Gasteiger partial charge in [0.25, 0.3) is 5.91 Å². The summed E-state index contributed by atoms with van der Waals surface area (Å²) in [5.41, 5.74) is 5.40. The van der Waals surface area contributed by atoms with Crippen molar-refractivity contribution in [2.24, 2.45) is 5.16 Å². The Balaban J connectivity index is 1.85. The quantitative estimate of drug-likeness (QED) is 0.493. The first-order chi connectivity index (χ1) is 13.1. The first-order valence-corrected chi connectivity index (χ1v) is 8.69. The summed E-state index contributed by atoms with van der Waals surface area (Å²) in [5.74, 6) is -0.721. The number of hydrogen-bond donors (Lipinski definition) is 2. The van der Waals surface area contributed by atoms with Gasteiger partial charge in [0.05, 0.1) is 19.3 Å². The van der Waals surface area contributed by atoms with Gasteiger partial charge in [-0.15, -0.1) is 0 Å². The molecule has 0 bridgehead atoms. The highest BCUT2D eigenvalue weighted by Crippen LogP contribution is 2.40. The van der Waals surface area contributed by atoms with Crippen LogP contribution in [0.4, 0.5) is 5.69 Å². The van der Waals surface area contributed by atoms with E-state index in [1.165, 1.54) is 7.11 Å². The summed E-state index contributed by atoms with van der Waals surface area (Å²) >= 11 is 0. The largest absolute Gasteiger partial charge is 0.468 e. The minimum atomic E-state index is -0.426. The molecule has 0 spiro atoms. The van der Waals surface area contributed by atoms with Crippen LogP contribution in [0.25, 0.3) is 11.1 Å². The van der Waals surface area contributed by atoms with Crippen LogP contribution in [0, 0.1) is 0 Å². The van der Waals surface area contributed by atoms with Gasteiger partial charge < -0.3 is 15.3 Å². The van der Waals surface area contributed by atoms with Crippen molar-refractivity contribution >= 4 is 23.3 Å². The zero-order valence-corrected chi connectivity index (χ0v) is 14.9. The molecule has 7 heteroatoms. The number of nitrogens with one attached hydrogen (secondary N) is 1. The smallest absolute Gasteiger partial charge is 0.319 e. The molecule has 0 unspecified atom stereocenters. The number of oxime groups is 1. The summed E-state index contributed by atoms with van der Waals surface area (Å²) in [7, 11) is 1.37. The molecule has 0 saturated carbocycles. The maximum absolute atomic E-state index is 12.2. The van der Waals surface area contributed by atoms with Crippen molar-refractivity contribution in [1.29, 1.82) is 0 Å². The van der Waals surface area contributed by atoms with E-state index in [-0.39, 0.29) is 18.2 Å². The van der Waals surface area contributed by atoms with Crippen LogP contribution in [-0.4, -0.2) is 47.9 Å². The maximum atomic E-state index is 12.2. The van der Waals surface area contributed by atoms with E-state index in [4.69, 9.17) is 4.74 Å². The number of benzene rings is 2. The number of methoxy groups -OCH3 is 1. The molecule has 2 N–H and O–H groups in total. The topological polar surface area (TPSA) is 91.2 Å². The van der Waals surface area contributed by atoms with Crippen molar-refractivity contribution in [3.05, 3.63) is 53.1 Å². The van der Waals surface area contributed by atoms with E-state index in [2.05, 4.69) is 10.5 Å². The summed E-state index contributed by atoms with van der Waals surface area (Å²) in [4.78, 5) is 25.9. The van der Waals surface area contributed by atoms with E-state index in [9.17, 15) is 14.8 Å². The van der Waals surface area contributed by atoms with Crippen molar-refractivity contribution in [1.82, 2.24) is 4.90 Å². The summed E-state index contributed by atoms with van der Waals surface area (Å²) in [6.07, 6.45) is 0.741. The Bertz CT molecular complexity index is 953. The van der Waals surface area contributed by atoms with Crippen molar-refractivity contribution in [2.75, 3.05) is 25.5 Å². The number of carbonyl (C=O) groups excluding carboxylic acids is 2. The SMILES string of the molecule is COC(=O)CN1CCc2c(-c3ccccc3)cc3c(c2C1)NC(=O)C3=NO. The monoisotopic (exact) mass is 365 g/mol. The highest BCUT2D eigenvalue weighted by molar-refractivity contribution is 6.54. The third-order valence-electron chi connectivity index (χ3n) is 5.08. The molecule has 0 radical (unpaired) electrons. The number of amides is 1. The first kappa shape index (κ1) is 17.2. The lowest BCUT2D eigenvalue weighted by Crippen LogP contribution is -2.36. The van der Waals surface area contributed by atoms with Gasteiger partial charge in [0.15, 0.2) is 5.71 Å². The third kappa shape index (κ3) is 2.96. The Kier molecular flexibility index (Phi) is 4.37. The molecular formula is C20H19N3O4. The Morgan fingerprint density at radius 1 is 1.26 bits per heavy atom. The third-order valence-corrected chi connectivity index (χ3v) is 5.08. The summed E-state index contributed by atoms with van der Waals surface area (Å²) in [6.45, 7) is 1.41. The number of esters is 1. The summed E-state index contributed by atoms with van der Waals surface area (Å²) in [6, 6.07) is 11.8. The second-order valence-electron chi connectivity index (χ2n) is 6.61. The molecule has 7 nitrogen and oxygen atoms in total. The minimum Gasteiger partial charge on any atom is -0.468 e. The van der Waals surface area contributed by atoms with E-state index >= 15 is 0 Å². The predicted octanol–water partition coefficient (Wildman–Crippen LogP) is 2.02. The maximum Gasteiger partial charge on any atom is 0.319 e. The highest BCUT2D eigenvalue weighted by atomic mass is 16.5. The molecule has 2 aromatic carbocycles. The molecule has 2 heterocycles. The molecule has 27 heavy (non-hydrogen) atoms. The summed E-state index contributed by atoms with van der Waals surface area (Å²) in [5, 5.41) is 15.3. The lowest BCUT2D eigenvalue weighted by atomic mass is 9.87. The van der Waals surface area contributed by atoms with Gasteiger partial charge in [0.1, 0.15) is 0 Å². The van der Waals surface area contributed by atoms with Crippen molar-refractivity contribution in [2.45, 2.75) is 13.0 Å². The molecule has 138 valence electrons. The zero-order valence-electron chi connectivity index (χ0n) is 14.9. The number of rotatable bonds is 3. The van der Waals surface area contributed by atoms with Gasteiger partial charge in [-0.3, -0.25) is 14.5 Å². The number of nitrogens with zero attached hydrogens (tertiary/aromatic N) is 2. The molecule has 2 aliphatic rings. The molecular weight excluding hydrogens is 346 g/mol. The number of carbonyl (C=O) groups is 2. The zero-order chi connectivity index (χ0) is 19.0. The second kappa shape index (κ2) is 6.85. The number of hydrogen-bond acceptors (Lipinski definition) is 6. The van der Waals surface area contributed by atoms with Crippen LogP contribution in [0.2, 0.25) is 0 Å². The minimum absolute atomic E-state index is 0.00933. The second-order valence-corrected chi connectivity index (χ2v) is 6.61. The fourth-order valence-corrected chi connectivity index (χ4v) is 3.79. The molecule has 2 aliphatic heterocycles. The lowest BCUT2D eigenvalue weighted by Gasteiger charge is -2.31. The summed E-state index contributed by atoms with van der Waals surface area (Å²) < 4.78 is 4.78. The van der Waals surface area contributed by atoms with Crippen molar-refractivity contribution in [3.63, 3.8) is 0 Å². The average Bonchev–Trinajstić information content (AvgIpc) is 3.03. The van der Waals surface area contributed by atoms with Crippen LogP contribution in [0.1, 0.15) is 16.7 Å². The number of ether oxygens (including phenoxy) is 1. The number of fused-ring (bicyclic) bond motifs is 3. The Labute approximate surface area is 156 Å². The molecule has 4 rings (SSSR count). The number of anilines is 1. The fourth-order valence-electron chi connectivity index (χ4n) is 3.79. The standard InChI is InChI=1S/C20H19N3O4/c1-27-17(24)11-23-8-7-13-14(12-5-3-2-4-6-12)9-15-18(16(13)10-23)21-20(25)19(15)22-26/h2-6,9,26H,7-8,10-11H2,1H3,(H,21,22,25). The Morgan fingerprint density at radius 2 is 2.04 bits per heavy atom. The Hall–Kier alpha value is -3.19. The highest BCUT2D eigenvalue weighted by Gasteiger charge is 2.34. The van der Waals surface area contributed by atoms with Crippen LogP contribution in [-0.2, 0) is 27.3 Å². The average molecular weight is 365 g/mol. The van der Waals surface area contributed by atoms with Crippen molar-refractivity contribution in [3.8, 4) is 11.1 Å². The van der Waals surface area contributed by atoms with Gasteiger partial charge >= 0.3 is 5.97 Å². The van der Waals surface area contributed by atoms with Crippen LogP contribution < -0.4 is 5.32 Å². The van der Waals surface area contributed by atoms with Gasteiger partial charge in [-0.25, -0.2) is 0 Å². The van der Waals surface area contributed by atoms with Gasteiger partial charge in [-0.05, 0) is 34.7 Å². The first-order valence-electron chi connectivity index (χ1n) is 8.69. The molecule has 0 aromatic heterocycles. The molecule has 0 atom stereocenters. The predicted molar refractivity (Wildman–Crippen MR) is 99.8 cm³/mol. The van der Waals surface area contributed by atoms with E-state index in [0.717, 1.165) is 35.2 Å². The molecule has 0 fully saturated rings. The van der Waals surface area contributed by atoms with E-state index < -0.39 is 5.91 Å². The van der Waals surface area contributed by atoms with E-state index in [0.29, 0.717) is 17.8 Å². The van der Waals surface area contributed by atoms with Crippen molar-refractivity contribution < 1.29 is 19.5 Å². The van der Waals surface area contributed by atoms with Gasteiger partial charge in [-0.1, -0.05) is 35.5 Å².